The first-order valence-corrected chi connectivity index (χ1v) is 8.46. The van der Waals surface area contributed by atoms with Crippen LogP contribution in [0.2, 0.25) is 0 Å². The van der Waals surface area contributed by atoms with Gasteiger partial charge in [-0.1, -0.05) is 0 Å². The lowest BCUT2D eigenvalue weighted by Gasteiger charge is -2.34. The van der Waals surface area contributed by atoms with Gasteiger partial charge in [0.05, 0.1) is 0 Å². The number of likely N-dealkylation sites (tertiary alicyclic amines) is 1. The van der Waals surface area contributed by atoms with Gasteiger partial charge in [-0.2, -0.15) is 0 Å². The van der Waals surface area contributed by atoms with Crippen LogP contribution in [0.4, 0.5) is 0 Å². The highest BCUT2D eigenvalue weighted by atomic mass is 16.2. The minimum atomic E-state index is 0.279. The number of piperidine rings is 1. The molecule has 1 saturated carbocycles. The quantitative estimate of drug-likeness (QED) is 0.827. The van der Waals surface area contributed by atoms with Crippen molar-refractivity contribution < 1.29 is 4.79 Å². The number of carbonyl (C=O) groups is 1. The van der Waals surface area contributed by atoms with Crippen LogP contribution in [0.3, 0.4) is 0 Å². The van der Waals surface area contributed by atoms with E-state index in [1.165, 1.54) is 64.7 Å². The molecule has 0 bridgehead atoms. The molecule has 0 radical (unpaired) electrons. The van der Waals surface area contributed by atoms with E-state index in [-0.39, 0.29) is 5.91 Å². The van der Waals surface area contributed by atoms with Gasteiger partial charge in [-0.3, -0.25) is 9.69 Å². The molecule has 4 nitrogen and oxygen atoms in total. The molecule has 0 aromatic rings. The number of rotatable bonds is 5. The van der Waals surface area contributed by atoms with Gasteiger partial charge in [0.2, 0.25) is 5.91 Å². The van der Waals surface area contributed by atoms with Crippen LogP contribution in [-0.2, 0) is 4.79 Å². The summed E-state index contributed by atoms with van der Waals surface area (Å²) in [5, 5.41) is 3.45. The molecule has 20 heavy (non-hydrogen) atoms. The van der Waals surface area contributed by atoms with Crippen LogP contribution in [0.5, 0.6) is 0 Å². The van der Waals surface area contributed by atoms with Gasteiger partial charge in [-0.25, -0.2) is 0 Å². The van der Waals surface area contributed by atoms with E-state index in [1.807, 2.05) is 0 Å². The molecule has 3 aliphatic rings. The van der Waals surface area contributed by atoms with Gasteiger partial charge in [-0.15, -0.1) is 0 Å². The molecule has 1 N–H and O–H groups in total. The summed E-state index contributed by atoms with van der Waals surface area (Å²) in [6.07, 6.45) is 7.68. The molecule has 0 aromatic heterocycles. The van der Waals surface area contributed by atoms with Crippen LogP contribution < -0.4 is 5.32 Å². The van der Waals surface area contributed by atoms with Crippen LogP contribution in [0.1, 0.15) is 45.4 Å². The molecule has 0 spiro atoms. The Morgan fingerprint density at radius 3 is 2.60 bits per heavy atom. The lowest BCUT2D eigenvalue weighted by molar-refractivity contribution is -0.130. The first-order chi connectivity index (χ1) is 9.74. The third kappa shape index (κ3) is 3.53. The molecule has 1 unspecified atom stereocenters. The van der Waals surface area contributed by atoms with Crippen molar-refractivity contribution in [3.8, 4) is 0 Å². The van der Waals surface area contributed by atoms with Crippen molar-refractivity contribution in [1.29, 1.82) is 0 Å². The minimum Gasteiger partial charge on any atom is -0.338 e. The van der Waals surface area contributed by atoms with Crippen LogP contribution in [0, 0.1) is 5.92 Å². The van der Waals surface area contributed by atoms with E-state index in [0.29, 0.717) is 12.1 Å². The molecule has 2 saturated heterocycles. The average Bonchev–Trinajstić information content (AvgIpc) is 3.19. The first kappa shape index (κ1) is 14.3. The zero-order valence-electron chi connectivity index (χ0n) is 12.8. The molecule has 1 atom stereocenters. The molecule has 2 aliphatic heterocycles. The largest absolute Gasteiger partial charge is 0.338 e. The van der Waals surface area contributed by atoms with Gasteiger partial charge in [0.25, 0.3) is 0 Å². The second-order valence-electron chi connectivity index (χ2n) is 6.89. The molecule has 3 rings (SSSR count). The van der Waals surface area contributed by atoms with Gasteiger partial charge in [0, 0.05) is 32.1 Å². The number of hydrogen-bond acceptors (Lipinski definition) is 3. The Labute approximate surface area is 122 Å². The molecule has 1 aliphatic carbocycles. The molecule has 3 fully saturated rings. The fourth-order valence-electron chi connectivity index (χ4n) is 3.89. The lowest BCUT2D eigenvalue weighted by Crippen LogP contribution is -2.45. The molecular weight excluding hydrogens is 250 g/mol. The minimum absolute atomic E-state index is 0.279. The van der Waals surface area contributed by atoms with Crippen LogP contribution in [-0.4, -0.2) is 60.5 Å². The third-order valence-corrected chi connectivity index (χ3v) is 5.25. The Morgan fingerprint density at radius 1 is 1.20 bits per heavy atom. The van der Waals surface area contributed by atoms with E-state index in [0.717, 1.165) is 12.5 Å². The maximum atomic E-state index is 11.8. The number of nitrogens with zero attached hydrogens (tertiary/aromatic N) is 2. The monoisotopic (exact) mass is 279 g/mol. The van der Waals surface area contributed by atoms with E-state index in [4.69, 9.17) is 0 Å². The van der Waals surface area contributed by atoms with Gasteiger partial charge < -0.3 is 10.2 Å². The van der Waals surface area contributed by atoms with Crippen LogP contribution in [0.25, 0.3) is 0 Å². The topological polar surface area (TPSA) is 35.6 Å². The number of nitrogens with one attached hydrogen (secondary N) is 1. The summed E-state index contributed by atoms with van der Waals surface area (Å²) in [5.74, 6) is 1.14. The van der Waals surface area contributed by atoms with Crippen LogP contribution in [0.15, 0.2) is 0 Å². The van der Waals surface area contributed by atoms with Gasteiger partial charge in [0.15, 0.2) is 0 Å². The van der Waals surface area contributed by atoms with Crippen molar-refractivity contribution in [2.75, 3.05) is 32.7 Å². The summed E-state index contributed by atoms with van der Waals surface area (Å²) in [4.78, 5) is 16.6. The van der Waals surface area contributed by atoms with Crippen molar-refractivity contribution in [2.45, 2.75) is 57.5 Å². The molecule has 4 heteroatoms. The Kier molecular flexibility index (Phi) is 4.61. The fourth-order valence-corrected chi connectivity index (χ4v) is 3.89. The predicted octanol–water partition coefficient (Wildman–Crippen LogP) is 1.46. The molecular formula is C16H29N3O. The molecule has 114 valence electrons. The van der Waals surface area contributed by atoms with E-state index in [9.17, 15) is 4.79 Å². The van der Waals surface area contributed by atoms with Crippen molar-refractivity contribution in [3.63, 3.8) is 0 Å². The SMILES string of the molecule is CC(=O)N(CC1CCCN1CC1CCNCC1)C1CC1. The van der Waals surface area contributed by atoms with E-state index < -0.39 is 0 Å². The maximum absolute atomic E-state index is 11.8. The second-order valence-corrected chi connectivity index (χ2v) is 6.89. The first-order valence-electron chi connectivity index (χ1n) is 8.46. The van der Waals surface area contributed by atoms with Crippen molar-refractivity contribution >= 4 is 5.91 Å². The molecule has 0 aromatic carbocycles. The summed E-state index contributed by atoms with van der Waals surface area (Å²) in [6, 6.07) is 1.18. The summed E-state index contributed by atoms with van der Waals surface area (Å²) in [5.41, 5.74) is 0. The fraction of sp³-hybridized carbons (Fsp3) is 0.938. The number of hydrogen-bond donors (Lipinski definition) is 1. The van der Waals surface area contributed by atoms with Gasteiger partial charge >= 0.3 is 0 Å². The number of amides is 1. The lowest BCUT2D eigenvalue weighted by atomic mass is 9.97. The standard InChI is InChI=1S/C16H29N3O/c1-13(20)19(15-4-5-15)12-16-3-2-10-18(16)11-14-6-8-17-9-7-14/h14-17H,2-12H2,1H3. The summed E-state index contributed by atoms with van der Waals surface area (Å²) in [7, 11) is 0. The van der Waals surface area contributed by atoms with Crippen molar-refractivity contribution in [1.82, 2.24) is 15.1 Å². The van der Waals surface area contributed by atoms with E-state index in [1.54, 1.807) is 6.92 Å². The Hall–Kier alpha value is -0.610. The van der Waals surface area contributed by atoms with Gasteiger partial charge in [-0.05, 0) is 64.1 Å². The smallest absolute Gasteiger partial charge is 0.219 e. The summed E-state index contributed by atoms with van der Waals surface area (Å²) < 4.78 is 0. The van der Waals surface area contributed by atoms with E-state index >= 15 is 0 Å². The predicted molar refractivity (Wildman–Crippen MR) is 80.6 cm³/mol. The normalized spacial score (nSPS) is 28.8. The highest BCUT2D eigenvalue weighted by molar-refractivity contribution is 5.74. The zero-order chi connectivity index (χ0) is 13.9. The third-order valence-electron chi connectivity index (χ3n) is 5.25. The van der Waals surface area contributed by atoms with E-state index in [2.05, 4.69) is 15.1 Å². The van der Waals surface area contributed by atoms with Crippen molar-refractivity contribution in [2.24, 2.45) is 5.92 Å². The van der Waals surface area contributed by atoms with Crippen LogP contribution >= 0.6 is 0 Å². The van der Waals surface area contributed by atoms with Gasteiger partial charge in [0.1, 0.15) is 0 Å². The summed E-state index contributed by atoms with van der Waals surface area (Å²) in [6.45, 7) is 7.58. The Bertz CT molecular complexity index is 337. The maximum Gasteiger partial charge on any atom is 0.219 e. The average molecular weight is 279 g/mol. The zero-order valence-corrected chi connectivity index (χ0v) is 12.8. The highest BCUT2D eigenvalue weighted by Crippen LogP contribution is 2.30. The highest BCUT2D eigenvalue weighted by Gasteiger charge is 2.35. The Morgan fingerprint density at radius 2 is 1.95 bits per heavy atom. The Balaban J connectivity index is 1.53. The summed E-state index contributed by atoms with van der Waals surface area (Å²) >= 11 is 0. The van der Waals surface area contributed by atoms with Crippen molar-refractivity contribution in [3.05, 3.63) is 0 Å². The molecule has 1 amide bonds. The molecule has 2 heterocycles. The second kappa shape index (κ2) is 6.44. The number of carbonyl (C=O) groups excluding carboxylic acids is 1.